The number of nitrogens with zero attached hydrogens (tertiary/aromatic N) is 5. The quantitative estimate of drug-likeness (QED) is 0.757. The van der Waals surface area contributed by atoms with Crippen molar-refractivity contribution < 1.29 is 0 Å². The van der Waals surface area contributed by atoms with E-state index in [-0.39, 0.29) is 0 Å². The topological polar surface area (TPSA) is 74.5 Å². The summed E-state index contributed by atoms with van der Waals surface area (Å²) >= 11 is 0. The summed E-state index contributed by atoms with van der Waals surface area (Å²) in [6, 6.07) is 0. The van der Waals surface area contributed by atoms with Crippen LogP contribution in [0.25, 0.3) is 5.69 Å². The van der Waals surface area contributed by atoms with Crippen molar-refractivity contribution in [3.63, 3.8) is 0 Å². The summed E-state index contributed by atoms with van der Waals surface area (Å²) in [5.74, 6) is 0. The fraction of sp³-hybridized carbons (Fsp3) is 0.444. The van der Waals surface area contributed by atoms with Gasteiger partial charge >= 0.3 is 0 Å². The summed E-state index contributed by atoms with van der Waals surface area (Å²) in [5.41, 5.74) is 7.31. The summed E-state index contributed by atoms with van der Waals surface area (Å²) < 4.78 is 3.45. The minimum absolute atomic E-state index is 0.680. The Morgan fingerprint density at radius 2 is 2.27 bits per heavy atom. The Morgan fingerprint density at radius 3 is 2.93 bits per heavy atom. The summed E-state index contributed by atoms with van der Waals surface area (Å²) in [5, 5.41) is 12.2. The smallest absolute Gasteiger partial charge is 0.104 e. The Kier molecular flexibility index (Phi) is 2.77. The standard InChI is InChI=1S/C9H14N6/c1-14-7-9(5-11-14)15-6-8(12-13-15)3-2-4-10/h5-7H,2-4,10H2,1H3. The highest BCUT2D eigenvalue weighted by Gasteiger charge is 2.03. The molecule has 0 saturated carbocycles. The van der Waals surface area contributed by atoms with E-state index in [1.165, 1.54) is 0 Å². The van der Waals surface area contributed by atoms with Crippen LogP contribution in [0.15, 0.2) is 18.6 Å². The van der Waals surface area contributed by atoms with E-state index in [2.05, 4.69) is 15.4 Å². The lowest BCUT2D eigenvalue weighted by Gasteiger charge is -1.92. The second-order valence-electron chi connectivity index (χ2n) is 3.42. The molecule has 0 aliphatic heterocycles. The van der Waals surface area contributed by atoms with Gasteiger partial charge in [0.05, 0.1) is 24.3 Å². The third-order valence-corrected chi connectivity index (χ3v) is 2.13. The number of rotatable bonds is 4. The Bertz CT molecular complexity index is 429. The molecule has 0 atom stereocenters. The van der Waals surface area contributed by atoms with Gasteiger partial charge in [0.1, 0.15) is 5.69 Å². The Balaban J connectivity index is 2.13. The molecule has 0 fully saturated rings. The van der Waals surface area contributed by atoms with Gasteiger partial charge in [0.15, 0.2) is 0 Å². The van der Waals surface area contributed by atoms with E-state index in [0.717, 1.165) is 24.2 Å². The van der Waals surface area contributed by atoms with Crippen LogP contribution in [-0.2, 0) is 13.5 Å². The van der Waals surface area contributed by atoms with Crippen molar-refractivity contribution in [2.24, 2.45) is 12.8 Å². The van der Waals surface area contributed by atoms with Crippen molar-refractivity contribution in [2.75, 3.05) is 6.54 Å². The first-order chi connectivity index (χ1) is 7.29. The molecule has 0 unspecified atom stereocenters. The van der Waals surface area contributed by atoms with Crippen LogP contribution in [0.5, 0.6) is 0 Å². The zero-order valence-electron chi connectivity index (χ0n) is 8.67. The third-order valence-electron chi connectivity index (χ3n) is 2.13. The monoisotopic (exact) mass is 206 g/mol. The lowest BCUT2D eigenvalue weighted by atomic mass is 10.2. The molecule has 0 spiro atoms. The van der Waals surface area contributed by atoms with Crippen LogP contribution in [0.2, 0.25) is 0 Å². The third kappa shape index (κ3) is 2.21. The van der Waals surface area contributed by atoms with Crippen molar-refractivity contribution >= 4 is 0 Å². The predicted octanol–water partition coefficient (Wildman–Crippen LogP) is -0.108. The maximum atomic E-state index is 5.43. The second-order valence-corrected chi connectivity index (χ2v) is 3.42. The number of aromatic nitrogens is 5. The summed E-state index contributed by atoms with van der Waals surface area (Å²) in [4.78, 5) is 0. The first-order valence-electron chi connectivity index (χ1n) is 4.90. The van der Waals surface area contributed by atoms with Crippen molar-refractivity contribution in [2.45, 2.75) is 12.8 Å². The van der Waals surface area contributed by atoms with Gasteiger partial charge in [-0.05, 0) is 19.4 Å². The molecular weight excluding hydrogens is 192 g/mol. The number of hydrogen-bond acceptors (Lipinski definition) is 4. The molecule has 2 heterocycles. The molecule has 0 aromatic carbocycles. The van der Waals surface area contributed by atoms with Gasteiger partial charge < -0.3 is 5.73 Å². The van der Waals surface area contributed by atoms with Crippen LogP contribution in [0.1, 0.15) is 12.1 Å². The molecule has 0 saturated heterocycles. The lowest BCUT2D eigenvalue weighted by molar-refractivity contribution is 0.761. The first-order valence-corrected chi connectivity index (χ1v) is 4.90. The molecular formula is C9H14N6. The summed E-state index contributed by atoms with van der Waals surface area (Å²) in [7, 11) is 1.87. The predicted molar refractivity (Wildman–Crippen MR) is 55.5 cm³/mol. The van der Waals surface area contributed by atoms with Gasteiger partial charge in [-0.3, -0.25) is 4.68 Å². The molecule has 0 radical (unpaired) electrons. The Morgan fingerprint density at radius 1 is 1.40 bits per heavy atom. The maximum Gasteiger partial charge on any atom is 0.104 e. The van der Waals surface area contributed by atoms with Crippen LogP contribution in [0.3, 0.4) is 0 Å². The molecule has 0 aliphatic carbocycles. The van der Waals surface area contributed by atoms with E-state index in [1.54, 1.807) is 15.6 Å². The highest BCUT2D eigenvalue weighted by Crippen LogP contribution is 2.05. The van der Waals surface area contributed by atoms with Crippen LogP contribution < -0.4 is 5.73 Å². The van der Waals surface area contributed by atoms with E-state index in [0.29, 0.717) is 6.54 Å². The molecule has 2 N–H and O–H groups in total. The van der Waals surface area contributed by atoms with Gasteiger partial charge in [-0.25, -0.2) is 4.68 Å². The van der Waals surface area contributed by atoms with E-state index >= 15 is 0 Å². The normalized spacial score (nSPS) is 10.8. The van der Waals surface area contributed by atoms with Gasteiger partial charge in [-0.15, -0.1) is 5.10 Å². The maximum absolute atomic E-state index is 5.43. The van der Waals surface area contributed by atoms with E-state index in [1.807, 2.05) is 19.4 Å². The van der Waals surface area contributed by atoms with E-state index < -0.39 is 0 Å². The molecule has 2 rings (SSSR count). The molecule has 80 valence electrons. The first kappa shape index (κ1) is 9.85. The molecule has 0 aliphatic rings. The number of aryl methyl sites for hydroxylation is 2. The van der Waals surface area contributed by atoms with Crippen molar-refractivity contribution in [3.8, 4) is 5.69 Å². The van der Waals surface area contributed by atoms with Crippen LogP contribution in [-0.4, -0.2) is 31.3 Å². The van der Waals surface area contributed by atoms with E-state index in [4.69, 9.17) is 5.73 Å². The molecule has 6 heteroatoms. The van der Waals surface area contributed by atoms with Crippen LogP contribution in [0, 0.1) is 0 Å². The SMILES string of the molecule is Cn1cc(-n2cc(CCCN)nn2)cn1. The lowest BCUT2D eigenvalue weighted by Crippen LogP contribution is -2.00. The van der Waals surface area contributed by atoms with Gasteiger partial charge in [-0.2, -0.15) is 5.10 Å². The zero-order chi connectivity index (χ0) is 10.7. The van der Waals surface area contributed by atoms with Crippen molar-refractivity contribution in [1.29, 1.82) is 0 Å². The minimum Gasteiger partial charge on any atom is -0.330 e. The molecule has 2 aromatic heterocycles. The highest BCUT2D eigenvalue weighted by molar-refractivity contribution is 5.23. The fourth-order valence-electron chi connectivity index (χ4n) is 1.35. The highest BCUT2D eigenvalue weighted by atomic mass is 15.4. The molecule has 6 nitrogen and oxygen atoms in total. The van der Waals surface area contributed by atoms with Crippen LogP contribution >= 0.6 is 0 Å². The van der Waals surface area contributed by atoms with Gasteiger partial charge in [0, 0.05) is 7.05 Å². The Labute approximate surface area is 87.7 Å². The Hall–Kier alpha value is -1.69. The van der Waals surface area contributed by atoms with Crippen LogP contribution in [0.4, 0.5) is 0 Å². The average Bonchev–Trinajstić information content (AvgIpc) is 2.83. The molecule has 15 heavy (non-hydrogen) atoms. The van der Waals surface area contributed by atoms with Gasteiger partial charge in [0.2, 0.25) is 0 Å². The number of nitrogens with two attached hydrogens (primary N) is 1. The van der Waals surface area contributed by atoms with Gasteiger partial charge in [0.25, 0.3) is 0 Å². The molecule has 2 aromatic rings. The fourth-order valence-corrected chi connectivity index (χ4v) is 1.35. The van der Waals surface area contributed by atoms with Gasteiger partial charge in [-0.1, -0.05) is 5.21 Å². The summed E-state index contributed by atoms with van der Waals surface area (Å²) in [6.07, 6.45) is 7.36. The van der Waals surface area contributed by atoms with Crippen molar-refractivity contribution in [1.82, 2.24) is 24.8 Å². The zero-order valence-corrected chi connectivity index (χ0v) is 8.67. The van der Waals surface area contributed by atoms with E-state index in [9.17, 15) is 0 Å². The summed E-state index contributed by atoms with van der Waals surface area (Å²) in [6.45, 7) is 0.680. The second kappa shape index (κ2) is 4.22. The molecule has 0 bridgehead atoms. The largest absolute Gasteiger partial charge is 0.330 e. The van der Waals surface area contributed by atoms with Crippen molar-refractivity contribution in [3.05, 3.63) is 24.3 Å². The number of hydrogen-bond donors (Lipinski definition) is 1. The average molecular weight is 206 g/mol. The molecule has 0 amide bonds. The minimum atomic E-state index is 0.680.